The summed E-state index contributed by atoms with van der Waals surface area (Å²) in [6, 6.07) is 7.24. The highest BCUT2D eigenvalue weighted by Crippen LogP contribution is 2.19. The van der Waals surface area contributed by atoms with Crippen molar-refractivity contribution in [2.45, 2.75) is 39.2 Å². The molecule has 1 unspecified atom stereocenters. The summed E-state index contributed by atoms with van der Waals surface area (Å²) in [7, 11) is 0. The number of halogens is 1. The topological polar surface area (TPSA) is 29.5 Å². The van der Waals surface area contributed by atoms with Gasteiger partial charge < -0.3 is 9.84 Å². The van der Waals surface area contributed by atoms with Crippen molar-refractivity contribution in [2.75, 3.05) is 6.61 Å². The summed E-state index contributed by atoms with van der Waals surface area (Å²) in [5, 5.41) is 10.5. The van der Waals surface area contributed by atoms with Gasteiger partial charge in [0.25, 0.3) is 0 Å². The van der Waals surface area contributed by atoms with Crippen LogP contribution in [0, 0.1) is 5.92 Å². The van der Waals surface area contributed by atoms with Gasteiger partial charge in [-0.2, -0.15) is 0 Å². The lowest BCUT2D eigenvalue weighted by Crippen LogP contribution is -2.20. The van der Waals surface area contributed by atoms with Crippen molar-refractivity contribution in [1.29, 1.82) is 0 Å². The first kappa shape index (κ1) is 14.3. The number of rotatable bonds is 7. The average Bonchev–Trinajstić information content (AvgIpc) is 2.33. The molecule has 0 saturated heterocycles. The van der Waals surface area contributed by atoms with Crippen LogP contribution in [0.1, 0.15) is 33.1 Å². The van der Waals surface area contributed by atoms with Crippen LogP contribution >= 0.6 is 11.6 Å². The molecule has 0 aliphatic heterocycles. The minimum absolute atomic E-state index is 0.330. The minimum atomic E-state index is -0.404. The molecule has 17 heavy (non-hydrogen) atoms. The average molecular weight is 257 g/mol. The Balaban J connectivity index is 2.35. The first-order valence-corrected chi connectivity index (χ1v) is 6.59. The molecule has 1 atom stereocenters. The molecule has 0 radical (unpaired) electrons. The van der Waals surface area contributed by atoms with Gasteiger partial charge in [-0.3, -0.25) is 0 Å². The number of ether oxygens (including phenoxy) is 1. The first-order chi connectivity index (χ1) is 8.15. The van der Waals surface area contributed by atoms with Crippen LogP contribution in [0.4, 0.5) is 0 Å². The fourth-order valence-electron chi connectivity index (χ4n) is 1.82. The highest BCUT2D eigenvalue weighted by Gasteiger charge is 2.12. The zero-order valence-corrected chi connectivity index (χ0v) is 11.3. The van der Waals surface area contributed by atoms with Gasteiger partial charge in [0.2, 0.25) is 0 Å². The van der Waals surface area contributed by atoms with Gasteiger partial charge in [0.05, 0.1) is 6.10 Å². The van der Waals surface area contributed by atoms with E-state index in [0.29, 0.717) is 23.3 Å². The molecule has 1 aromatic carbocycles. The molecule has 0 bridgehead atoms. The Hall–Kier alpha value is -0.730. The molecule has 0 spiro atoms. The molecule has 1 rings (SSSR count). The molecule has 96 valence electrons. The second-order valence-corrected chi connectivity index (χ2v) is 4.78. The van der Waals surface area contributed by atoms with E-state index in [-0.39, 0.29) is 0 Å². The molecule has 0 aromatic heterocycles. The Kier molecular flexibility index (Phi) is 6.38. The van der Waals surface area contributed by atoms with E-state index >= 15 is 0 Å². The Morgan fingerprint density at radius 2 is 2.00 bits per heavy atom. The lowest BCUT2D eigenvalue weighted by molar-refractivity contribution is 0.0834. The normalized spacial score (nSPS) is 12.8. The summed E-state index contributed by atoms with van der Waals surface area (Å²) in [6.07, 6.45) is 2.60. The summed E-state index contributed by atoms with van der Waals surface area (Å²) in [6.45, 7) is 4.63. The zero-order chi connectivity index (χ0) is 12.7. The van der Waals surface area contributed by atoms with Gasteiger partial charge in [-0.05, 0) is 30.5 Å². The molecular weight excluding hydrogens is 236 g/mol. The molecule has 3 heteroatoms. The third-order valence-corrected chi connectivity index (χ3v) is 3.23. The highest BCUT2D eigenvalue weighted by molar-refractivity contribution is 6.30. The van der Waals surface area contributed by atoms with Gasteiger partial charge in [0.1, 0.15) is 12.4 Å². The minimum Gasteiger partial charge on any atom is -0.491 e. The van der Waals surface area contributed by atoms with Crippen molar-refractivity contribution < 1.29 is 9.84 Å². The van der Waals surface area contributed by atoms with Gasteiger partial charge in [-0.1, -0.05) is 44.4 Å². The molecule has 0 saturated carbocycles. The van der Waals surface area contributed by atoms with Crippen molar-refractivity contribution in [2.24, 2.45) is 5.92 Å². The fraction of sp³-hybridized carbons (Fsp3) is 0.571. The van der Waals surface area contributed by atoms with Crippen LogP contribution in [0.2, 0.25) is 5.02 Å². The maximum atomic E-state index is 9.85. The Bertz CT molecular complexity index is 324. The van der Waals surface area contributed by atoms with Crippen LogP contribution in [0.5, 0.6) is 5.75 Å². The van der Waals surface area contributed by atoms with Gasteiger partial charge in [-0.25, -0.2) is 0 Å². The van der Waals surface area contributed by atoms with E-state index in [2.05, 4.69) is 13.8 Å². The summed E-state index contributed by atoms with van der Waals surface area (Å²) in [4.78, 5) is 0. The molecule has 0 aliphatic carbocycles. The van der Waals surface area contributed by atoms with E-state index < -0.39 is 6.10 Å². The van der Waals surface area contributed by atoms with Crippen LogP contribution in [-0.4, -0.2) is 17.8 Å². The van der Waals surface area contributed by atoms with Crippen LogP contribution < -0.4 is 4.74 Å². The molecule has 0 amide bonds. The van der Waals surface area contributed by atoms with Gasteiger partial charge in [0, 0.05) is 5.02 Å². The maximum absolute atomic E-state index is 9.85. The Morgan fingerprint density at radius 3 is 2.59 bits per heavy atom. The van der Waals surface area contributed by atoms with Crippen LogP contribution in [0.15, 0.2) is 24.3 Å². The van der Waals surface area contributed by atoms with E-state index in [1.54, 1.807) is 12.1 Å². The SMILES string of the molecule is CCC(CC)CC(O)COc1cccc(Cl)c1. The van der Waals surface area contributed by atoms with E-state index in [0.717, 1.165) is 19.3 Å². The second kappa shape index (κ2) is 7.57. The molecule has 0 fully saturated rings. The van der Waals surface area contributed by atoms with E-state index in [4.69, 9.17) is 16.3 Å². The summed E-state index contributed by atoms with van der Waals surface area (Å²) in [5.74, 6) is 1.29. The fourth-order valence-corrected chi connectivity index (χ4v) is 2.00. The van der Waals surface area contributed by atoms with Crippen molar-refractivity contribution in [3.05, 3.63) is 29.3 Å². The molecular formula is C14H21ClO2. The number of aliphatic hydroxyl groups is 1. The second-order valence-electron chi connectivity index (χ2n) is 4.34. The van der Waals surface area contributed by atoms with Gasteiger partial charge in [0.15, 0.2) is 0 Å². The number of hydrogen-bond acceptors (Lipinski definition) is 2. The van der Waals surface area contributed by atoms with E-state index in [1.807, 2.05) is 12.1 Å². The molecule has 0 heterocycles. The van der Waals surface area contributed by atoms with E-state index in [9.17, 15) is 5.11 Å². The lowest BCUT2D eigenvalue weighted by Gasteiger charge is -2.17. The van der Waals surface area contributed by atoms with Crippen LogP contribution in [0.25, 0.3) is 0 Å². The largest absolute Gasteiger partial charge is 0.491 e. The predicted octanol–water partition coefficient (Wildman–Crippen LogP) is 3.91. The smallest absolute Gasteiger partial charge is 0.120 e. The van der Waals surface area contributed by atoms with Crippen molar-refractivity contribution in [3.63, 3.8) is 0 Å². The first-order valence-electron chi connectivity index (χ1n) is 6.22. The summed E-state index contributed by atoms with van der Waals surface area (Å²) >= 11 is 5.85. The summed E-state index contributed by atoms with van der Waals surface area (Å²) in [5.41, 5.74) is 0. The maximum Gasteiger partial charge on any atom is 0.120 e. The third kappa shape index (κ3) is 5.42. The van der Waals surface area contributed by atoms with Crippen LogP contribution in [0.3, 0.4) is 0 Å². The van der Waals surface area contributed by atoms with Gasteiger partial charge in [-0.15, -0.1) is 0 Å². The lowest BCUT2D eigenvalue weighted by atomic mass is 9.96. The Morgan fingerprint density at radius 1 is 1.29 bits per heavy atom. The number of hydrogen-bond donors (Lipinski definition) is 1. The molecule has 0 aliphatic rings. The Labute approximate surface area is 109 Å². The van der Waals surface area contributed by atoms with Gasteiger partial charge >= 0.3 is 0 Å². The van der Waals surface area contributed by atoms with Crippen molar-refractivity contribution in [3.8, 4) is 5.75 Å². The summed E-state index contributed by atoms with van der Waals surface area (Å²) < 4.78 is 5.50. The molecule has 1 aromatic rings. The molecule has 1 N–H and O–H groups in total. The zero-order valence-electron chi connectivity index (χ0n) is 10.5. The number of aliphatic hydroxyl groups excluding tert-OH is 1. The van der Waals surface area contributed by atoms with E-state index in [1.165, 1.54) is 0 Å². The van der Waals surface area contributed by atoms with Crippen molar-refractivity contribution in [1.82, 2.24) is 0 Å². The monoisotopic (exact) mass is 256 g/mol. The predicted molar refractivity (Wildman–Crippen MR) is 71.6 cm³/mol. The number of benzene rings is 1. The highest BCUT2D eigenvalue weighted by atomic mass is 35.5. The quantitative estimate of drug-likeness (QED) is 0.802. The molecule has 2 nitrogen and oxygen atoms in total. The third-order valence-electron chi connectivity index (χ3n) is 3.00. The van der Waals surface area contributed by atoms with Crippen LogP contribution in [-0.2, 0) is 0 Å². The standard InChI is InChI=1S/C14H21ClO2/c1-3-11(4-2)8-13(16)10-17-14-7-5-6-12(15)9-14/h5-7,9,11,13,16H,3-4,8,10H2,1-2H3. The van der Waals surface area contributed by atoms with Crippen molar-refractivity contribution >= 4 is 11.6 Å².